The Morgan fingerprint density at radius 1 is 1.17 bits per heavy atom. The zero-order valence-electron chi connectivity index (χ0n) is 16.6. The Labute approximate surface area is 174 Å². The van der Waals surface area contributed by atoms with Crippen LogP contribution in [0.5, 0.6) is 11.5 Å². The summed E-state index contributed by atoms with van der Waals surface area (Å²) in [6, 6.07) is 12.0. The van der Waals surface area contributed by atoms with Crippen molar-refractivity contribution in [3.05, 3.63) is 65.5 Å². The molecule has 1 atom stereocenters. The summed E-state index contributed by atoms with van der Waals surface area (Å²) >= 11 is 1.42. The van der Waals surface area contributed by atoms with E-state index in [4.69, 9.17) is 9.47 Å². The lowest BCUT2D eigenvalue weighted by Gasteiger charge is -2.15. The lowest BCUT2D eigenvalue weighted by Crippen LogP contribution is -2.28. The lowest BCUT2D eigenvalue weighted by molar-refractivity contribution is -0.119. The average molecular weight is 410 g/mol. The van der Waals surface area contributed by atoms with E-state index in [0.29, 0.717) is 5.75 Å². The van der Waals surface area contributed by atoms with Crippen LogP contribution >= 0.6 is 11.8 Å². The lowest BCUT2D eigenvalue weighted by atomic mass is 10.1. The van der Waals surface area contributed by atoms with Crippen LogP contribution in [0.25, 0.3) is 5.69 Å². The molecule has 4 rings (SSSR count). The molecule has 0 radical (unpaired) electrons. The largest absolute Gasteiger partial charge is 0.454 e. The second kappa shape index (κ2) is 8.21. The zero-order chi connectivity index (χ0) is 20.4. The number of fused-ring (bicyclic) bond motifs is 1. The van der Waals surface area contributed by atoms with Gasteiger partial charge in [-0.1, -0.05) is 23.9 Å². The van der Waals surface area contributed by atoms with Crippen LogP contribution in [0.4, 0.5) is 0 Å². The summed E-state index contributed by atoms with van der Waals surface area (Å²) in [5.74, 6) is 1.70. The average Bonchev–Trinajstić information content (AvgIpc) is 3.34. The number of amides is 1. The third kappa shape index (κ3) is 4.40. The molecule has 2 heterocycles. The predicted octanol–water partition coefficient (Wildman–Crippen LogP) is 4.19. The fourth-order valence-electron chi connectivity index (χ4n) is 3.36. The Kier molecular flexibility index (Phi) is 5.49. The van der Waals surface area contributed by atoms with E-state index in [0.717, 1.165) is 22.2 Å². The number of rotatable bonds is 6. The fourth-order valence-corrected chi connectivity index (χ4v) is 4.15. The Balaban J connectivity index is 1.38. The van der Waals surface area contributed by atoms with Crippen molar-refractivity contribution in [1.29, 1.82) is 0 Å². The molecule has 0 fully saturated rings. The molecule has 150 valence electrons. The first kappa shape index (κ1) is 19.4. The van der Waals surface area contributed by atoms with E-state index in [1.807, 2.05) is 35.9 Å². The number of nitrogens with one attached hydrogen (secondary N) is 1. The molecule has 0 spiro atoms. The number of carbonyl (C=O) groups excluding carboxylic acids is 1. The Hall–Kier alpha value is -2.93. The van der Waals surface area contributed by atoms with Gasteiger partial charge in [0.2, 0.25) is 12.7 Å². The molecule has 1 unspecified atom stereocenters. The van der Waals surface area contributed by atoms with Gasteiger partial charge in [-0.05, 0) is 61.7 Å². The number of imidazole rings is 1. The van der Waals surface area contributed by atoms with Crippen LogP contribution in [0.2, 0.25) is 0 Å². The highest BCUT2D eigenvalue weighted by atomic mass is 32.2. The van der Waals surface area contributed by atoms with Crippen molar-refractivity contribution in [3.63, 3.8) is 0 Å². The number of thioether (sulfide) groups is 1. The van der Waals surface area contributed by atoms with Crippen molar-refractivity contribution in [2.45, 2.75) is 32.0 Å². The smallest absolute Gasteiger partial charge is 0.231 e. The molecule has 1 aromatic heterocycles. The third-order valence-corrected chi connectivity index (χ3v) is 5.66. The van der Waals surface area contributed by atoms with Gasteiger partial charge in [-0.3, -0.25) is 9.36 Å². The van der Waals surface area contributed by atoms with Crippen molar-refractivity contribution >= 4 is 17.7 Å². The maximum atomic E-state index is 12.5. The maximum Gasteiger partial charge on any atom is 0.231 e. The zero-order valence-corrected chi connectivity index (χ0v) is 17.5. The van der Waals surface area contributed by atoms with Crippen LogP contribution in [-0.4, -0.2) is 28.0 Å². The SMILES string of the molecule is Cc1cc(C)cc(-n2ccnc2SCC(=O)NC(C)c2ccc3c(c2)OCO3)c1. The number of nitrogens with zero attached hydrogens (tertiary/aromatic N) is 2. The fraction of sp³-hybridized carbons (Fsp3) is 0.273. The van der Waals surface area contributed by atoms with Crippen LogP contribution in [0.1, 0.15) is 29.7 Å². The van der Waals surface area contributed by atoms with Crippen molar-refractivity contribution in [2.75, 3.05) is 12.5 Å². The Morgan fingerprint density at radius 2 is 1.93 bits per heavy atom. The molecule has 0 saturated heterocycles. The molecular formula is C22H23N3O3S. The molecule has 0 aliphatic carbocycles. The van der Waals surface area contributed by atoms with E-state index in [2.05, 4.69) is 42.3 Å². The molecule has 29 heavy (non-hydrogen) atoms. The van der Waals surface area contributed by atoms with Crippen LogP contribution in [0.3, 0.4) is 0 Å². The number of carbonyl (C=O) groups is 1. The Bertz CT molecular complexity index is 1030. The van der Waals surface area contributed by atoms with Gasteiger partial charge in [-0.2, -0.15) is 0 Å². The van der Waals surface area contributed by atoms with E-state index in [1.165, 1.54) is 22.9 Å². The van der Waals surface area contributed by atoms with Crippen LogP contribution < -0.4 is 14.8 Å². The highest BCUT2D eigenvalue weighted by Gasteiger charge is 2.17. The first-order valence-electron chi connectivity index (χ1n) is 9.43. The second-order valence-electron chi connectivity index (χ2n) is 7.12. The standard InChI is InChI=1S/C22H23N3O3S/c1-14-8-15(2)10-18(9-14)25-7-6-23-22(25)29-12-21(26)24-16(3)17-4-5-19-20(11-17)28-13-27-19/h4-11,16H,12-13H2,1-3H3,(H,24,26). The van der Waals surface area contributed by atoms with Crippen molar-refractivity contribution in [3.8, 4) is 17.2 Å². The minimum atomic E-state index is -0.128. The number of aromatic nitrogens is 2. The molecular weight excluding hydrogens is 386 g/mol. The monoisotopic (exact) mass is 409 g/mol. The first-order valence-corrected chi connectivity index (χ1v) is 10.4. The van der Waals surface area contributed by atoms with Gasteiger partial charge < -0.3 is 14.8 Å². The quantitative estimate of drug-likeness (QED) is 0.619. The van der Waals surface area contributed by atoms with Gasteiger partial charge in [0, 0.05) is 18.1 Å². The van der Waals surface area contributed by atoms with Gasteiger partial charge >= 0.3 is 0 Å². The number of ether oxygens (including phenoxy) is 2. The summed E-state index contributed by atoms with van der Waals surface area (Å²) in [6.45, 7) is 6.34. The number of hydrogen-bond donors (Lipinski definition) is 1. The molecule has 1 aliphatic rings. The molecule has 0 bridgehead atoms. The summed E-state index contributed by atoms with van der Waals surface area (Å²) in [5.41, 5.74) is 4.42. The Morgan fingerprint density at radius 3 is 2.72 bits per heavy atom. The van der Waals surface area contributed by atoms with Crippen molar-refractivity contribution in [1.82, 2.24) is 14.9 Å². The number of benzene rings is 2. The summed E-state index contributed by atoms with van der Waals surface area (Å²) in [7, 11) is 0. The van der Waals surface area contributed by atoms with Gasteiger partial charge in [-0.15, -0.1) is 0 Å². The number of hydrogen-bond acceptors (Lipinski definition) is 5. The van der Waals surface area contributed by atoms with Crippen LogP contribution in [0, 0.1) is 13.8 Å². The topological polar surface area (TPSA) is 65.4 Å². The van der Waals surface area contributed by atoms with E-state index >= 15 is 0 Å². The molecule has 1 amide bonds. The summed E-state index contributed by atoms with van der Waals surface area (Å²) in [6.07, 6.45) is 3.68. The minimum Gasteiger partial charge on any atom is -0.454 e. The van der Waals surface area contributed by atoms with Crippen LogP contribution in [-0.2, 0) is 4.79 Å². The molecule has 6 nitrogen and oxygen atoms in total. The van der Waals surface area contributed by atoms with Crippen molar-refractivity contribution in [2.24, 2.45) is 0 Å². The second-order valence-corrected chi connectivity index (χ2v) is 8.06. The number of aryl methyl sites for hydroxylation is 2. The molecule has 7 heteroatoms. The van der Waals surface area contributed by atoms with Gasteiger partial charge in [0.15, 0.2) is 16.7 Å². The predicted molar refractivity (Wildman–Crippen MR) is 113 cm³/mol. The van der Waals surface area contributed by atoms with Crippen LogP contribution in [0.15, 0.2) is 53.9 Å². The third-order valence-electron chi connectivity index (χ3n) is 4.70. The normalized spacial score (nSPS) is 13.3. The minimum absolute atomic E-state index is 0.0462. The molecule has 1 aliphatic heterocycles. The summed E-state index contributed by atoms with van der Waals surface area (Å²) < 4.78 is 12.8. The molecule has 2 aromatic carbocycles. The molecule has 3 aromatic rings. The van der Waals surface area contributed by atoms with Gasteiger partial charge in [0.05, 0.1) is 11.8 Å². The van der Waals surface area contributed by atoms with E-state index in [-0.39, 0.29) is 24.5 Å². The maximum absolute atomic E-state index is 12.5. The first-order chi connectivity index (χ1) is 14.0. The van der Waals surface area contributed by atoms with Gasteiger partial charge in [0.25, 0.3) is 0 Å². The van der Waals surface area contributed by atoms with E-state index in [9.17, 15) is 4.79 Å². The van der Waals surface area contributed by atoms with Crippen molar-refractivity contribution < 1.29 is 14.3 Å². The highest BCUT2D eigenvalue weighted by molar-refractivity contribution is 7.99. The summed E-state index contributed by atoms with van der Waals surface area (Å²) in [5, 5.41) is 3.83. The molecule has 1 N–H and O–H groups in total. The molecule has 0 saturated carbocycles. The highest BCUT2D eigenvalue weighted by Crippen LogP contribution is 2.34. The van der Waals surface area contributed by atoms with E-state index in [1.54, 1.807) is 6.20 Å². The van der Waals surface area contributed by atoms with E-state index < -0.39 is 0 Å². The summed E-state index contributed by atoms with van der Waals surface area (Å²) in [4.78, 5) is 16.9. The van der Waals surface area contributed by atoms with Gasteiger partial charge in [0.1, 0.15) is 0 Å². The van der Waals surface area contributed by atoms with Gasteiger partial charge in [-0.25, -0.2) is 4.98 Å².